The Morgan fingerprint density at radius 3 is 1.85 bits per heavy atom. The summed E-state index contributed by atoms with van der Waals surface area (Å²) in [4.78, 5) is 53.0. The van der Waals surface area contributed by atoms with Gasteiger partial charge in [0.2, 0.25) is 11.8 Å². The van der Waals surface area contributed by atoms with E-state index in [0.717, 1.165) is 11.1 Å². The fraction of sp³-hybridized carbons (Fsp3) is 0.353. The van der Waals surface area contributed by atoms with E-state index in [1.807, 2.05) is 56.3 Å². The molecule has 0 spiro atoms. The van der Waals surface area contributed by atoms with E-state index < -0.39 is 5.97 Å². The Kier molecular flexibility index (Phi) is 7.20. The summed E-state index contributed by atoms with van der Waals surface area (Å²) >= 11 is 0. The molecule has 1 fully saturated rings. The van der Waals surface area contributed by atoms with Crippen molar-refractivity contribution in [3.63, 3.8) is 0 Å². The molecule has 7 nitrogen and oxygen atoms in total. The van der Waals surface area contributed by atoms with Gasteiger partial charge in [0, 0.05) is 30.5 Å². The number of anilines is 1. The van der Waals surface area contributed by atoms with Crippen LogP contribution in [0.1, 0.15) is 70.9 Å². The molecule has 0 saturated carbocycles. The maximum absolute atomic E-state index is 13.6. The van der Waals surface area contributed by atoms with Gasteiger partial charge in [0.15, 0.2) is 6.61 Å². The highest BCUT2D eigenvalue weighted by Crippen LogP contribution is 2.60. The Morgan fingerprint density at radius 2 is 1.32 bits per heavy atom. The minimum atomic E-state index is -0.438. The molecule has 0 radical (unpaired) electrons. The van der Waals surface area contributed by atoms with Crippen LogP contribution in [0.15, 0.2) is 66.7 Å². The largest absolute Gasteiger partial charge is 0.456 e. The average molecular weight is 551 g/mol. The first-order chi connectivity index (χ1) is 19.8. The number of hydrogen-bond acceptors (Lipinski definition) is 5. The fourth-order valence-corrected chi connectivity index (χ4v) is 6.91. The molecule has 3 amide bonds. The molecule has 0 unspecified atom stereocenters. The summed E-state index contributed by atoms with van der Waals surface area (Å²) in [6.45, 7) is 3.98. The number of nitrogens with zero attached hydrogens (tertiary/aromatic N) is 1. The molecular weight excluding hydrogens is 516 g/mol. The maximum atomic E-state index is 13.6. The molecule has 1 heterocycles. The fourth-order valence-electron chi connectivity index (χ4n) is 6.91. The van der Waals surface area contributed by atoms with E-state index in [4.69, 9.17) is 4.74 Å². The van der Waals surface area contributed by atoms with E-state index in [1.165, 1.54) is 27.2 Å². The topological polar surface area (TPSA) is 92.8 Å². The van der Waals surface area contributed by atoms with Crippen LogP contribution in [0.4, 0.5) is 5.69 Å². The first-order valence-electron chi connectivity index (χ1n) is 14.4. The van der Waals surface area contributed by atoms with Crippen LogP contribution in [0, 0.1) is 25.7 Å². The Hall–Kier alpha value is -4.26. The standard InChI is InChI=1S/C34H34N2O5/c1-20-15-16-22(18-21(20)2)35-27(37)19-41-28(38)14-4-3-9-17-36-33(39)31-29-23-10-5-6-11-24(23)30(32(31)34(36)40)26-13-8-7-12-25(26)29/h5-8,10-13,15-16,18,29-32H,3-4,9,14,17,19H2,1-2H3,(H,35,37)/t29?,30?,31-,32-/m1/s1. The maximum Gasteiger partial charge on any atom is 0.306 e. The second-order valence-corrected chi connectivity index (χ2v) is 11.4. The van der Waals surface area contributed by atoms with Crippen molar-refractivity contribution in [3.05, 3.63) is 100 Å². The lowest BCUT2D eigenvalue weighted by atomic mass is 9.55. The first kappa shape index (κ1) is 26.9. The highest BCUT2D eigenvalue weighted by molar-refractivity contribution is 6.07. The highest BCUT2D eigenvalue weighted by atomic mass is 16.5. The van der Waals surface area contributed by atoms with Gasteiger partial charge in [0.25, 0.3) is 5.91 Å². The van der Waals surface area contributed by atoms with Gasteiger partial charge >= 0.3 is 5.97 Å². The van der Waals surface area contributed by atoms with Gasteiger partial charge in [-0.1, -0.05) is 61.0 Å². The molecule has 210 valence electrons. The smallest absolute Gasteiger partial charge is 0.306 e. The monoisotopic (exact) mass is 550 g/mol. The summed E-state index contributed by atoms with van der Waals surface area (Å²) in [5.41, 5.74) is 7.54. The lowest BCUT2D eigenvalue weighted by Crippen LogP contribution is -2.41. The predicted molar refractivity (Wildman–Crippen MR) is 154 cm³/mol. The second kappa shape index (κ2) is 11.0. The number of esters is 1. The van der Waals surface area contributed by atoms with Crippen LogP contribution < -0.4 is 5.32 Å². The number of ether oxygens (including phenoxy) is 1. The number of benzene rings is 3. The van der Waals surface area contributed by atoms with Gasteiger partial charge in [-0.3, -0.25) is 24.1 Å². The highest BCUT2D eigenvalue weighted by Gasteiger charge is 2.61. The Labute approximate surface area is 239 Å². The third-order valence-corrected chi connectivity index (χ3v) is 8.96. The molecule has 2 atom stereocenters. The van der Waals surface area contributed by atoms with Gasteiger partial charge in [-0.05, 0) is 72.2 Å². The van der Waals surface area contributed by atoms with E-state index in [9.17, 15) is 19.2 Å². The molecule has 3 aromatic rings. The summed E-state index contributed by atoms with van der Waals surface area (Å²) in [6, 6.07) is 22.1. The summed E-state index contributed by atoms with van der Waals surface area (Å²) < 4.78 is 5.13. The van der Waals surface area contributed by atoms with Gasteiger partial charge in [0.05, 0.1) is 11.8 Å². The van der Waals surface area contributed by atoms with Crippen molar-refractivity contribution < 1.29 is 23.9 Å². The quantitative estimate of drug-likeness (QED) is 0.224. The molecule has 7 heteroatoms. The second-order valence-electron chi connectivity index (χ2n) is 11.4. The van der Waals surface area contributed by atoms with Crippen LogP contribution in [-0.2, 0) is 23.9 Å². The lowest BCUT2D eigenvalue weighted by Gasteiger charge is -2.45. The molecule has 2 bridgehead atoms. The lowest BCUT2D eigenvalue weighted by molar-refractivity contribution is -0.147. The number of rotatable bonds is 9. The number of carbonyl (C=O) groups excluding carboxylic acids is 4. The van der Waals surface area contributed by atoms with Gasteiger partial charge in [-0.15, -0.1) is 0 Å². The molecule has 7 rings (SSSR count). The number of imide groups is 1. The summed E-state index contributed by atoms with van der Waals surface area (Å²) in [6.07, 6.45) is 2.03. The minimum Gasteiger partial charge on any atom is -0.456 e. The summed E-state index contributed by atoms with van der Waals surface area (Å²) in [5.74, 6) is -1.88. The van der Waals surface area contributed by atoms with E-state index >= 15 is 0 Å². The van der Waals surface area contributed by atoms with Crippen molar-refractivity contribution in [3.8, 4) is 0 Å². The van der Waals surface area contributed by atoms with E-state index in [-0.39, 0.29) is 54.4 Å². The Bertz CT molecular complexity index is 1430. The molecule has 3 aliphatic carbocycles. The van der Waals surface area contributed by atoms with Crippen LogP contribution in [-0.4, -0.2) is 41.7 Å². The normalized spacial score (nSPS) is 21.8. The van der Waals surface area contributed by atoms with Crippen molar-refractivity contribution in [2.24, 2.45) is 11.8 Å². The number of nitrogens with one attached hydrogen (secondary N) is 1. The van der Waals surface area contributed by atoms with Crippen LogP contribution in [0.25, 0.3) is 0 Å². The predicted octanol–water partition coefficient (Wildman–Crippen LogP) is 5.24. The minimum absolute atomic E-state index is 0.0757. The van der Waals surface area contributed by atoms with Gasteiger partial charge < -0.3 is 10.1 Å². The molecule has 41 heavy (non-hydrogen) atoms. The number of unbranched alkanes of at least 4 members (excludes halogenated alkanes) is 2. The van der Waals surface area contributed by atoms with Crippen molar-refractivity contribution in [1.82, 2.24) is 4.90 Å². The molecule has 1 N–H and O–H groups in total. The van der Waals surface area contributed by atoms with Crippen LogP contribution in [0.5, 0.6) is 0 Å². The van der Waals surface area contributed by atoms with E-state index in [1.54, 1.807) is 0 Å². The zero-order valence-corrected chi connectivity index (χ0v) is 23.4. The van der Waals surface area contributed by atoms with Crippen LogP contribution in [0.3, 0.4) is 0 Å². The molecule has 1 saturated heterocycles. The average Bonchev–Trinajstić information content (AvgIpc) is 3.23. The zero-order chi connectivity index (χ0) is 28.7. The molecule has 0 aromatic heterocycles. The van der Waals surface area contributed by atoms with Gasteiger partial charge in [-0.2, -0.15) is 0 Å². The van der Waals surface area contributed by atoms with Crippen molar-refractivity contribution in [2.45, 2.75) is 51.4 Å². The third-order valence-electron chi connectivity index (χ3n) is 8.96. The Balaban J connectivity index is 0.993. The van der Waals surface area contributed by atoms with E-state index in [2.05, 4.69) is 29.6 Å². The van der Waals surface area contributed by atoms with Crippen molar-refractivity contribution >= 4 is 29.4 Å². The van der Waals surface area contributed by atoms with E-state index in [0.29, 0.717) is 31.5 Å². The zero-order valence-electron chi connectivity index (χ0n) is 23.4. The van der Waals surface area contributed by atoms with Crippen molar-refractivity contribution in [1.29, 1.82) is 0 Å². The van der Waals surface area contributed by atoms with Crippen LogP contribution in [0.2, 0.25) is 0 Å². The Morgan fingerprint density at radius 1 is 0.756 bits per heavy atom. The van der Waals surface area contributed by atoms with Crippen LogP contribution >= 0.6 is 0 Å². The number of hydrogen-bond donors (Lipinski definition) is 1. The first-order valence-corrected chi connectivity index (χ1v) is 14.4. The van der Waals surface area contributed by atoms with Crippen molar-refractivity contribution in [2.75, 3.05) is 18.5 Å². The van der Waals surface area contributed by atoms with Gasteiger partial charge in [0.1, 0.15) is 0 Å². The number of likely N-dealkylation sites (tertiary alicyclic amines) is 1. The molecular formula is C34H34N2O5. The number of carbonyl (C=O) groups is 4. The SMILES string of the molecule is Cc1ccc(NC(=O)COC(=O)CCCCCN2C(=O)[C@@H]3C4c5ccccc5C(c5ccccc54)[C@H]3C2=O)cc1C. The molecule has 4 aliphatic rings. The number of aryl methyl sites for hydroxylation is 2. The summed E-state index contributed by atoms with van der Waals surface area (Å²) in [5, 5.41) is 2.74. The van der Waals surface area contributed by atoms with Gasteiger partial charge in [-0.25, -0.2) is 0 Å². The molecule has 1 aliphatic heterocycles. The third kappa shape index (κ3) is 4.83. The summed E-state index contributed by atoms with van der Waals surface area (Å²) in [7, 11) is 0. The number of amides is 3. The molecule has 3 aromatic carbocycles.